The third-order valence-corrected chi connectivity index (χ3v) is 14.3. The summed E-state index contributed by atoms with van der Waals surface area (Å²) in [4.78, 5) is 0. The summed E-state index contributed by atoms with van der Waals surface area (Å²) < 4.78 is 25.7. The van der Waals surface area contributed by atoms with E-state index in [1.807, 2.05) is 97.1 Å². The summed E-state index contributed by atoms with van der Waals surface area (Å²) in [5, 5.41) is 29.4. The van der Waals surface area contributed by atoms with Gasteiger partial charge in [0.25, 0.3) is 0 Å². The van der Waals surface area contributed by atoms with Crippen LogP contribution in [0.4, 0.5) is 0 Å². The van der Waals surface area contributed by atoms with Crippen molar-refractivity contribution in [3.05, 3.63) is 177 Å². The predicted molar refractivity (Wildman–Crippen MR) is 328 cm³/mol. The van der Waals surface area contributed by atoms with Gasteiger partial charge in [-0.05, 0) is 98.5 Å². The van der Waals surface area contributed by atoms with Crippen molar-refractivity contribution in [3.8, 4) is 104 Å². The topological polar surface area (TPSA) is 110 Å². The smallest absolute Gasteiger partial charge is 0.148 e. The number of nitrogens with zero attached hydrogens (tertiary/aromatic N) is 4. The number of aromatic nitrogens is 2. The molecule has 6 aromatic carbocycles. The minimum absolute atomic E-state index is 0.577. The number of rotatable bonds is 26. The molecule has 0 fully saturated rings. The van der Waals surface area contributed by atoms with Crippen LogP contribution in [0.25, 0.3) is 21.1 Å². The van der Waals surface area contributed by atoms with Crippen LogP contribution < -0.4 is 18.9 Å². The normalized spacial score (nSPS) is 10.3. The molecular weight excluding hydrogens is 1020 g/mol. The van der Waals surface area contributed by atoms with Gasteiger partial charge in [0.2, 0.25) is 0 Å². The summed E-state index contributed by atoms with van der Waals surface area (Å²) >= 11 is 1.53. The van der Waals surface area contributed by atoms with E-state index < -0.39 is 0 Å². The highest BCUT2D eigenvalue weighted by Gasteiger charge is 2.14. The van der Waals surface area contributed by atoms with Crippen molar-refractivity contribution in [2.75, 3.05) is 26.4 Å². The maximum atomic E-state index is 9.29. The SMILES string of the molecule is CCCCCCOc1cc(C#Cc2ccc(-c3nnc(-c4ccc(C#Cc5cc(OCCCCCC)c(C#Cc6ccc(C#N)cc6)cc5OCCCCCC)cc4)s3)cc2)c(OCCCCCC)cc1C#Cc1ccc(C#N)cc1. The van der Waals surface area contributed by atoms with E-state index in [2.05, 4.69) is 97.4 Å². The van der Waals surface area contributed by atoms with Gasteiger partial charge in [0, 0.05) is 57.6 Å². The van der Waals surface area contributed by atoms with Gasteiger partial charge < -0.3 is 18.9 Å². The van der Waals surface area contributed by atoms with Crippen molar-refractivity contribution < 1.29 is 18.9 Å². The Morgan fingerprint density at radius 2 is 0.568 bits per heavy atom. The molecule has 7 aromatic rings. The zero-order valence-electron chi connectivity index (χ0n) is 47.5. The third-order valence-electron chi connectivity index (χ3n) is 13.3. The zero-order chi connectivity index (χ0) is 56.7. The maximum absolute atomic E-state index is 9.29. The number of ether oxygens (including phenoxy) is 4. The van der Waals surface area contributed by atoms with Gasteiger partial charge in [0.05, 0.1) is 71.9 Å². The molecule has 0 N–H and O–H groups in total. The molecule has 0 amide bonds. The van der Waals surface area contributed by atoms with Crippen molar-refractivity contribution in [1.82, 2.24) is 10.2 Å². The molecule has 0 aliphatic rings. The summed E-state index contributed by atoms with van der Waals surface area (Å²) in [5.41, 5.74) is 9.35. The first-order chi connectivity index (χ1) is 39.9. The van der Waals surface area contributed by atoms with Crippen LogP contribution in [0.5, 0.6) is 23.0 Å². The zero-order valence-corrected chi connectivity index (χ0v) is 48.3. The van der Waals surface area contributed by atoms with Crippen LogP contribution in [0.15, 0.2) is 121 Å². The first kappa shape index (κ1) is 60.0. The number of benzene rings is 6. The molecule has 81 heavy (non-hydrogen) atoms. The van der Waals surface area contributed by atoms with Crippen LogP contribution in [-0.2, 0) is 0 Å². The van der Waals surface area contributed by atoms with E-state index in [1.54, 1.807) is 24.3 Å². The van der Waals surface area contributed by atoms with Gasteiger partial charge in [0.15, 0.2) is 0 Å². The molecule has 0 spiro atoms. The van der Waals surface area contributed by atoms with E-state index in [0.717, 1.165) is 168 Å². The second-order valence-corrected chi connectivity index (χ2v) is 20.7. The largest absolute Gasteiger partial charge is 0.492 e. The van der Waals surface area contributed by atoms with Crippen LogP contribution in [0, 0.1) is 70.0 Å². The van der Waals surface area contributed by atoms with E-state index in [1.165, 1.54) is 11.3 Å². The Bertz CT molecular complexity index is 3240. The van der Waals surface area contributed by atoms with Crippen LogP contribution in [0.3, 0.4) is 0 Å². The van der Waals surface area contributed by atoms with Gasteiger partial charge in [-0.3, -0.25) is 0 Å². The Kier molecular flexibility index (Phi) is 24.9. The highest BCUT2D eigenvalue weighted by Crippen LogP contribution is 2.33. The number of hydrogen-bond donors (Lipinski definition) is 0. The van der Waals surface area contributed by atoms with Crippen LogP contribution in [0.1, 0.15) is 186 Å². The van der Waals surface area contributed by atoms with E-state index in [4.69, 9.17) is 18.9 Å². The summed E-state index contributed by atoms with van der Waals surface area (Å²) in [5.74, 6) is 29.5. The van der Waals surface area contributed by atoms with Gasteiger partial charge in [-0.2, -0.15) is 10.5 Å². The molecule has 0 aliphatic heterocycles. The average Bonchev–Trinajstić information content (AvgIpc) is 4.01. The molecule has 0 unspecified atom stereocenters. The third kappa shape index (κ3) is 19.6. The molecular formula is C72H72N4O4S. The predicted octanol–water partition coefficient (Wildman–Crippen LogP) is 17.1. The molecule has 0 aliphatic carbocycles. The lowest BCUT2D eigenvalue weighted by molar-refractivity contribution is 0.295. The van der Waals surface area contributed by atoms with Gasteiger partial charge in [-0.15, -0.1) is 10.2 Å². The van der Waals surface area contributed by atoms with Crippen molar-refractivity contribution in [2.45, 2.75) is 130 Å². The quantitative estimate of drug-likeness (QED) is 0.0390. The van der Waals surface area contributed by atoms with E-state index in [9.17, 15) is 10.5 Å². The molecule has 7 rings (SSSR count). The van der Waals surface area contributed by atoms with Gasteiger partial charge in [-0.25, -0.2) is 0 Å². The first-order valence-electron chi connectivity index (χ1n) is 28.9. The van der Waals surface area contributed by atoms with E-state index in [0.29, 0.717) is 60.6 Å². The van der Waals surface area contributed by atoms with Crippen molar-refractivity contribution in [1.29, 1.82) is 10.5 Å². The van der Waals surface area contributed by atoms with Gasteiger partial charge in [-0.1, -0.05) is 188 Å². The summed E-state index contributed by atoms with van der Waals surface area (Å²) in [6, 6.07) is 42.9. The number of nitriles is 2. The molecule has 0 saturated heterocycles. The van der Waals surface area contributed by atoms with Crippen molar-refractivity contribution in [2.24, 2.45) is 0 Å². The highest BCUT2D eigenvalue weighted by atomic mass is 32.1. The molecule has 8 nitrogen and oxygen atoms in total. The van der Waals surface area contributed by atoms with Crippen LogP contribution in [-0.4, -0.2) is 36.6 Å². The fraction of sp³-hybridized carbons (Fsp3) is 0.333. The summed E-state index contributed by atoms with van der Waals surface area (Å²) in [6.45, 7) is 11.1. The fourth-order valence-corrected chi connectivity index (χ4v) is 9.35. The first-order valence-corrected chi connectivity index (χ1v) is 29.7. The van der Waals surface area contributed by atoms with Crippen LogP contribution >= 0.6 is 11.3 Å². The lowest BCUT2D eigenvalue weighted by Gasteiger charge is -2.14. The van der Waals surface area contributed by atoms with Crippen molar-refractivity contribution in [3.63, 3.8) is 0 Å². The monoisotopic (exact) mass is 1090 g/mol. The number of unbranched alkanes of at least 4 members (excludes halogenated alkanes) is 12. The minimum Gasteiger partial charge on any atom is -0.492 e. The Balaban J connectivity index is 1.09. The second kappa shape index (κ2) is 33.7. The second-order valence-electron chi connectivity index (χ2n) is 19.8. The van der Waals surface area contributed by atoms with Crippen molar-refractivity contribution >= 4 is 11.3 Å². The summed E-state index contributed by atoms with van der Waals surface area (Å²) in [6.07, 6.45) is 17.4. The Morgan fingerprint density at radius 1 is 0.321 bits per heavy atom. The van der Waals surface area contributed by atoms with E-state index >= 15 is 0 Å². The summed E-state index contributed by atoms with van der Waals surface area (Å²) in [7, 11) is 0. The standard InChI is InChI=1S/C72H72N4O4S/c1-5-9-13-17-45-77-67-51-65(69(79-47-19-15-11-7-3)49-63(67)41-33-55-21-25-59(53-73)26-22-55)43-35-57-29-37-61(38-30-57)71-75-76-72(81-71)62-39-31-58(32-40-62)36-44-66-52-68(78-46-18-14-10-6-2)64(50-70(66)80-48-20-16-12-8-4)42-34-56-23-27-60(54-74)28-24-56/h21-32,37-40,49-52H,5-20,45-48H2,1-4H3. The Morgan fingerprint density at radius 3 is 0.815 bits per heavy atom. The fourth-order valence-electron chi connectivity index (χ4n) is 8.50. The van der Waals surface area contributed by atoms with E-state index in [-0.39, 0.29) is 0 Å². The Labute approximate surface area is 485 Å². The maximum Gasteiger partial charge on any atom is 0.148 e. The molecule has 0 bridgehead atoms. The number of hydrogen-bond acceptors (Lipinski definition) is 9. The van der Waals surface area contributed by atoms with Gasteiger partial charge in [0.1, 0.15) is 33.0 Å². The molecule has 0 radical (unpaired) electrons. The molecule has 410 valence electrons. The molecule has 9 heteroatoms. The molecule has 1 aromatic heterocycles. The molecule has 0 saturated carbocycles. The molecule has 0 atom stereocenters. The average molecular weight is 1090 g/mol. The van der Waals surface area contributed by atoms with Gasteiger partial charge >= 0.3 is 0 Å². The minimum atomic E-state index is 0.577. The lowest BCUT2D eigenvalue weighted by Crippen LogP contribution is -2.03. The lowest BCUT2D eigenvalue weighted by atomic mass is 10.1. The Hall–Kier alpha value is -8.70. The molecule has 1 heterocycles. The van der Waals surface area contributed by atoms with Crippen LogP contribution in [0.2, 0.25) is 0 Å². The highest BCUT2D eigenvalue weighted by molar-refractivity contribution is 7.17.